The van der Waals surface area contributed by atoms with E-state index in [4.69, 9.17) is 14.0 Å². The lowest BCUT2D eigenvalue weighted by Gasteiger charge is -2.07. The summed E-state index contributed by atoms with van der Waals surface area (Å²) < 4.78 is 15.8. The molecule has 1 amide bonds. The summed E-state index contributed by atoms with van der Waals surface area (Å²) >= 11 is 0. The molecule has 1 aliphatic carbocycles. The van der Waals surface area contributed by atoms with Crippen LogP contribution in [0.4, 0.5) is 0 Å². The SMILES string of the molecule is COc1ccc(-c2cc(CNC(=O)C3CC3)no2)cc1OC. The number of aromatic nitrogens is 1. The highest BCUT2D eigenvalue weighted by Crippen LogP contribution is 2.32. The van der Waals surface area contributed by atoms with E-state index < -0.39 is 0 Å². The van der Waals surface area contributed by atoms with Gasteiger partial charge in [0.2, 0.25) is 5.91 Å². The number of rotatable bonds is 6. The number of hydrogen-bond acceptors (Lipinski definition) is 5. The van der Waals surface area contributed by atoms with Crippen LogP contribution in [0.15, 0.2) is 28.8 Å². The number of nitrogens with zero attached hydrogens (tertiary/aromatic N) is 1. The highest BCUT2D eigenvalue weighted by atomic mass is 16.5. The second-order valence-electron chi connectivity index (χ2n) is 5.24. The van der Waals surface area contributed by atoms with E-state index in [1.807, 2.05) is 24.3 Å². The smallest absolute Gasteiger partial charge is 0.223 e. The van der Waals surface area contributed by atoms with Crippen molar-refractivity contribution < 1.29 is 18.8 Å². The molecule has 0 atom stereocenters. The second-order valence-corrected chi connectivity index (χ2v) is 5.24. The molecule has 1 aromatic heterocycles. The first kappa shape index (κ1) is 14.4. The van der Waals surface area contributed by atoms with Gasteiger partial charge in [0.05, 0.1) is 20.8 Å². The summed E-state index contributed by atoms with van der Waals surface area (Å²) in [6.07, 6.45) is 1.98. The van der Waals surface area contributed by atoms with Gasteiger partial charge in [0, 0.05) is 17.5 Å². The third-order valence-corrected chi connectivity index (χ3v) is 3.62. The molecule has 1 N–H and O–H groups in total. The molecule has 0 bridgehead atoms. The third-order valence-electron chi connectivity index (χ3n) is 3.62. The summed E-state index contributed by atoms with van der Waals surface area (Å²) in [6, 6.07) is 7.32. The van der Waals surface area contributed by atoms with Crippen molar-refractivity contribution >= 4 is 5.91 Å². The Hall–Kier alpha value is -2.50. The summed E-state index contributed by atoms with van der Waals surface area (Å²) in [5, 5.41) is 6.84. The van der Waals surface area contributed by atoms with Gasteiger partial charge in [-0.25, -0.2) is 0 Å². The van der Waals surface area contributed by atoms with E-state index in [2.05, 4.69) is 10.5 Å². The highest BCUT2D eigenvalue weighted by Gasteiger charge is 2.29. The molecule has 0 aliphatic heterocycles. The van der Waals surface area contributed by atoms with Gasteiger partial charge in [0.1, 0.15) is 5.69 Å². The number of nitrogens with one attached hydrogen (secondary N) is 1. The van der Waals surface area contributed by atoms with Gasteiger partial charge in [-0.15, -0.1) is 0 Å². The van der Waals surface area contributed by atoms with E-state index in [1.165, 1.54) is 0 Å². The van der Waals surface area contributed by atoms with E-state index in [1.54, 1.807) is 14.2 Å². The minimum Gasteiger partial charge on any atom is -0.493 e. The molecule has 2 aromatic rings. The molecule has 6 nitrogen and oxygen atoms in total. The van der Waals surface area contributed by atoms with Gasteiger partial charge in [0.25, 0.3) is 0 Å². The second kappa shape index (κ2) is 6.09. The molecule has 0 saturated heterocycles. The Kier molecular flexibility index (Phi) is 4.00. The first-order valence-corrected chi connectivity index (χ1v) is 7.17. The number of ether oxygens (including phenoxy) is 2. The zero-order chi connectivity index (χ0) is 15.5. The highest BCUT2D eigenvalue weighted by molar-refractivity contribution is 5.80. The van der Waals surface area contributed by atoms with E-state index in [0.29, 0.717) is 29.5 Å². The average Bonchev–Trinajstić information content (AvgIpc) is 3.30. The minimum atomic E-state index is 0.0932. The van der Waals surface area contributed by atoms with Gasteiger partial charge in [-0.3, -0.25) is 4.79 Å². The van der Waals surface area contributed by atoms with Crippen LogP contribution in [0.5, 0.6) is 11.5 Å². The normalized spacial score (nSPS) is 13.7. The summed E-state index contributed by atoms with van der Waals surface area (Å²) in [6.45, 7) is 0.381. The standard InChI is InChI=1S/C16H18N2O4/c1-20-13-6-5-11(7-15(13)21-2)14-8-12(18-22-14)9-17-16(19)10-3-4-10/h5-8,10H,3-4,9H2,1-2H3,(H,17,19). The van der Waals surface area contributed by atoms with Crippen LogP contribution >= 0.6 is 0 Å². The molecule has 22 heavy (non-hydrogen) atoms. The van der Waals surface area contributed by atoms with Crippen molar-refractivity contribution in [3.63, 3.8) is 0 Å². The number of hydrogen-bond donors (Lipinski definition) is 1. The number of carbonyl (C=O) groups excluding carboxylic acids is 1. The van der Waals surface area contributed by atoms with Crippen molar-refractivity contribution in [3.05, 3.63) is 30.0 Å². The van der Waals surface area contributed by atoms with Gasteiger partial charge in [-0.05, 0) is 31.0 Å². The minimum absolute atomic E-state index is 0.0932. The Morgan fingerprint density at radius 3 is 2.73 bits per heavy atom. The summed E-state index contributed by atoms with van der Waals surface area (Å²) in [7, 11) is 3.17. The lowest BCUT2D eigenvalue weighted by molar-refractivity contribution is -0.122. The first-order chi connectivity index (χ1) is 10.7. The third kappa shape index (κ3) is 3.05. The fourth-order valence-corrected chi connectivity index (χ4v) is 2.19. The molecule has 1 aromatic carbocycles. The van der Waals surface area contributed by atoms with Crippen LogP contribution in [-0.2, 0) is 11.3 Å². The van der Waals surface area contributed by atoms with Crippen LogP contribution in [0.25, 0.3) is 11.3 Å². The van der Waals surface area contributed by atoms with Crippen LogP contribution in [0, 0.1) is 5.92 Å². The molecular formula is C16H18N2O4. The maximum absolute atomic E-state index is 11.6. The molecule has 1 fully saturated rings. The molecule has 116 valence electrons. The lowest BCUT2D eigenvalue weighted by atomic mass is 10.1. The number of amides is 1. The number of carbonyl (C=O) groups is 1. The Morgan fingerprint density at radius 1 is 1.27 bits per heavy atom. The van der Waals surface area contributed by atoms with Crippen molar-refractivity contribution in [1.82, 2.24) is 10.5 Å². The van der Waals surface area contributed by atoms with Crippen molar-refractivity contribution in [2.75, 3.05) is 14.2 Å². The Balaban J connectivity index is 1.71. The Labute approximate surface area is 128 Å². The molecule has 1 aliphatic rings. The van der Waals surface area contributed by atoms with Crippen LogP contribution in [0.1, 0.15) is 18.5 Å². The van der Waals surface area contributed by atoms with E-state index in [-0.39, 0.29) is 11.8 Å². The summed E-state index contributed by atoms with van der Waals surface area (Å²) in [5.41, 5.74) is 1.53. The fraction of sp³-hybridized carbons (Fsp3) is 0.375. The van der Waals surface area contributed by atoms with Crippen molar-refractivity contribution in [2.24, 2.45) is 5.92 Å². The monoisotopic (exact) mass is 302 g/mol. The predicted molar refractivity (Wildman–Crippen MR) is 79.6 cm³/mol. The Bertz CT molecular complexity index is 677. The molecule has 6 heteroatoms. The van der Waals surface area contributed by atoms with Gasteiger partial charge in [-0.2, -0.15) is 0 Å². The fourth-order valence-electron chi connectivity index (χ4n) is 2.19. The molecule has 1 saturated carbocycles. The van der Waals surface area contributed by atoms with Crippen LogP contribution in [0.2, 0.25) is 0 Å². The largest absolute Gasteiger partial charge is 0.493 e. The van der Waals surface area contributed by atoms with E-state index in [0.717, 1.165) is 18.4 Å². The van der Waals surface area contributed by atoms with Gasteiger partial charge < -0.3 is 19.3 Å². The quantitative estimate of drug-likeness (QED) is 0.887. The first-order valence-electron chi connectivity index (χ1n) is 7.17. The molecule has 1 heterocycles. The summed E-state index contributed by atoms with van der Waals surface area (Å²) in [4.78, 5) is 11.6. The van der Waals surface area contributed by atoms with Gasteiger partial charge in [0.15, 0.2) is 17.3 Å². The van der Waals surface area contributed by atoms with Crippen molar-refractivity contribution in [2.45, 2.75) is 19.4 Å². The van der Waals surface area contributed by atoms with Gasteiger partial charge in [-0.1, -0.05) is 5.16 Å². The lowest BCUT2D eigenvalue weighted by Crippen LogP contribution is -2.24. The zero-order valence-corrected chi connectivity index (χ0v) is 12.6. The van der Waals surface area contributed by atoms with Crippen LogP contribution in [0.3, 0.4) is 0 Å². The number of methoxy groups -OCH3 is 2. The predicted octanol–water partition coefficient (Wildman–Crippen LogP) is 2.38. The molecular weight excluding hydrogens is 284 g/mol. The summed E-state index contributed by atoms with van der Waals surface area (Å²) in [5.74, 6) is 2.19. The molecule has 0 radical (unpaired) electrons. The van der Waals surface area contributed by atoms with Crippen molar-refractivity contribution in [3.8, 4) is 22.8 Å². The van der Waals surface area contributed by atoms with Crippen LogP contribution < -0.4 is 14.8 Å². The van der Waals surface area contributed by atoms with Gasteiger partial charge >= 0.3 is 0 Å². The van der Waals surface area contributed by atoms with E-state index >= 15 is 0 Å². The maximum Gasteiger partial charge on any atom is 0.223 e. The molecule has 0 unspecified atom stereocenters. The Morgan fingerprint density at radius 2 is 2.05 bits per heavy atom. The molecule has 3 rings (SSSR count). The zero-order valence-electron chi connectivity index (χ0n) is 12.6. The molecule has 0 spiro atoms. The van der Waals surface area contributed by atoms with Crippen LogP contribution in [-0.4, -0.2) is 25.3 Å². The topological polar surface area (TPSA) is 73.6 Å². The maximum atomic E-state index is 11.6. The number of benzene rings is 1. The van der Waals surface area contributed by atoms with Crippen molar-refractivity contribution in [1.29, 1.82) is 0 Å². The van der Waals surface area contributed by atoms with E-state index in [9.17, 15) is 4.79 Å². The average molecular weight is 302 g/mol.